The van der Waals surface area contributed by atoms with Gasteiger partial charge in [0.1, 0.15) is 0 Å². The average Bonchev–Trinajstić information content (AvgIpc) is 3.04. The second-order valence-corrected chi connectivity index (χ2v) is 7.51. The molecule has 0 aromatic heterocycles. The summed E-state index contributed by atoms with van der Waals surface area (Å²) in [6.07, 6.45) is 8.75. The van der Waals surface area contributed by atoms with Crippen LogP contribution in [0.2, 0.25) is 0 Å². The number of fused-ring (bicyclic) bond motifs is 5. The van der Waals surface area contributed by atoms with Gasteiger partial charge in [-0.3, -0.25) is 0 Å². The van der Waals surface area contributed by atoms with Gasteiger partial charge in [-0.15, -0.1) is 0 Å². The summed E-state index contributed by atoms with van der Waals surface area (Å²) in [4.78, 5) is 0. The van der Waals surface area contributed by atoms with Crippen LogP contribution in [0.1, 0.15) is 52.4 Å². The summed E-state index contributed by atoms with van der Waals surface area (Å²) in [7, 11) is 0. The minimum atomic E-state index is 0.762. The molecule has 0 heterocycles. The van der Waals surface area contributed by atoms with E-state index in [-0.39, 0.29) is 0 Å². The molecule has 110 valence electrons. The Hall–Kier alpha value is -0.0800. The summed E-state index contributed by atoms with van der Waals surface area (Å²) in [6, 6.07) is 0.818. The van der Waals surface area contributed by atoms with Gasteiger partial charge in [-0.2, -0.15) is 0 Å². The highest BCUT2D eigenvalue weighted by atomic mass is 16.5. The first kappa shape index (κ1) is 13.9. The zero-order valence-electron chi connectivity index (χ0n) is 12.7. The Kier molecular flexibility index (Phi) is 4.48. The maximum Gasteiger partial charge on any atom is 0.0591 e. The van der Waals surface area contributed by atoms with Crippen LogP contribution in [-0.2, 0) is 4.74 Å². The van der Waals surface area contributed by atoms with Crippen molar-refractivity contribution in [3.63, 3.8) is 0 Å². The van der Waals surface area contributed by atoms with Crippen molar-refractivity contribution < 1.29 is 4.74 Å². The lowest BCUT2D eigenvalue weighted by Gasteiger charge is -2.32. The van der Waals surface area contributed by atoms with Gasteiger partial charge in [-0.1, -0.05) is 20.3 Å². The molecule has 0 saturated heterocycles. The first-order valence-corrected chi connectivity index (χ1v) is 8.57. The first-order valence-electron chi connectivity index (χ1n) is 8.57. The third-order valence-electron chi connectivity index (χ3n) is 5.92. The smallest absolute Gasteiger partial charge is 0.0591 e. The third kappa shape index (κ3) is 3.00. The summed E-state index contributed by atoms with van der Waals surface area (Å²) in [5.41, 5.74) is 0. The van der Waals surface area contributed by atoms with Crippen molar-refractivity contribution in [1.82, 2.24) is 5.32 Å². The summed E-state index contributed by atoms with van der Waals surface area (Å²) in [5.74, 6) is 5.03. The fourth-order valence-corrected chi connectivity index (χ4v) is 5.04. The van der Waals surface area contributed by atoms with Gasteiger partial charge in [0.05, 0.1) is 6.61 Å². The van der Waals surface area contributed by atoms with E-state index in [9.17, 15) is 0 Å². The normalized spacial score (nSPS) is 40.3. The highest BCUT2D eigenvalue weighted by molar-refractivity contribution is 5.05. The van der Waals surface area contributed by atoms with Crippen molar-refractivity contribution in [1.29, 1.82) is 0 Å². The van der Waals surface area contributed by atoms with Gasteiger partial charge in [-0.25, -0.2) is 0 Å². The molecule has 2 nitrogen and oxygen atoms in total. The largest absolute Gasteiger partial charge is 0.380 e. The van der Waals surface area contributed by atoms with Gasteiger partial charge in [0.25, 0.3) is 0 Å². The van der Waals surface area contributed by atoms with Crippen LogP contribution in [0.5, 0.6) is 0 Å². The Morgan fingerprint density at radius 1 is 1.05 bits per heavy atom. The molecular weight excluding hydrogens is 234 g/mol. The predicted octanol–water partition coefficient (Wildman–Crippen LogP) is 3.46. The molecule has 3 aliphatic rings. The molecule has 3 rings (SSSR count). The van der Waals surface area contributed by atoms with Gasteiger partial charge >= 0.3 is 0 Å². The quantitative estimate of drug-likeness (QED) is 0.712. The topological polar surface area (TPSA) is 21.3 Å². The van der Waals surface area contributed by atoms with Crippen molar-refractivity contribution in [3.8, 4) is 0 Å². The van der Waals surface area contributed by atoms with Crippen LogP contribution in [0, 0.1) is 29.6 Å². The molecule has 3 saturated carbocycles. The molecule has 0 aromatic rings. The molecular formula is C17H31NO. The molecule has 19 heavy (non-hydrogen) atoms. The van der Waals surface area contributed by atoms with Crippen LogP contribution in [-0.4, -0.2) is 25.8 Å². The SMILES string of the molecule is CC(C)CCOCCNC1CC2CC1C1CCCC21. The van der Waals surface area contributed by atoms with E-state index in [2.05, 4.69) is 19.2 Å². The standard InChI is InChI=1S/C17H31NO/c1-12(2)6-8-19-9-7-18-17-11-13-10-16(17)15-5-3-4-14(13)15/h12-18H,3-11H2,1-2H3. The zero-order valence-corrected chi connectivity index (χ0v) is 12.7. The monoisotopic (exact) mass is 265 g/mol. The van der Waals surface area contributed by atoms with E-state index in [4.69, 9.17) is 4.74 Å². The summed E-state index contributed by atoms with van der Waals surface area (Å²) >= 11 is 0. The summed E-state index contributed by atoms with van der Waals surface area (Å²) in [5, 5.41) is 3.79. The molecule has 2 bridgehead atoms. The van der Waals surface area contributed by atoms with Crippen molar-refractivity contribution in [2.24, 2.45) is 29.6 Å². The van der Waals surface area contributed by atoms with Gasteiger partial charge in [0.2, 0.25) is 0 Å². The lowest BCUT2D eigenvalue weighted by atomic mass is 9.79. The Balaban J connectivity index is 1.32. The van der Waals surface area contributed by atoms with E-state index in [1.54, 1.807) is 0 Å². The predicted molar refractivity (Wildman–Crippen MR) is 79.1 cm³/mol. The Bertz CT molecular complexity index is 291. The summed E-state index contributed by atoms with van der Waals surface area (Å²) < 4.78 is 5.71. The van der Waals surface area contributed by atoms with E-state index in [1.807, 2.05) is 0 Å². The average molecular weight is 265 g/mol. The lowest BCUT2D eigenvalue weighted by Crippen LogP contribution is -2.40. The Labute approximate surface area is 118 Å². The van der Waals surface area contributed by atoms with Gasteiger partial charge in [0, 0.05) is 19.2 Å². The number of nitrogens with one attached hydrogen (secondary N) is 1. The van der Waals surface area contributed by atoms with E-state index < -0.39 is 0 Å². The first-order chi connectivity index (χ1) is 9.25. The number of hydrogen-bond acceptors (Lipinski definition) is 2. The van der Waals surface area contributed by atoms with Gasteiger partial charge in [0.15, 0.2) is 0 Å². The molecule has 3 fully saturated rings. The lowest BCUT2D eigenvalue weighted by molar-refractivity contribution is 0.117. The molecule has 3 aliphatic carbocycles. The van der Waals surface area contributed by atoms with Crippen LogP contribution in [0.3, 0.4) is 0 Å². The van der Waals surface area contributed by atoms with Crippen molar-refractivity contribution >= 4 is 0 Å². The van der Waals surface area contributed by atoms with Crippen LogP contribution < -0.4 is 5.32 Å². The molecule has 0 radical (unpaired) electrons. The van der Waals surface area contributed by atoms with Crippen molar-refractivity contribution in [2.75, 3.05) is 19.8 Å². The fourth-order valence-electron chi connectivity index (χ4n) is 5.04. The number of ether oxygens (including phenoxy) is 1. The Morgan fingerprint density at radius 3 is 2.74 bits per heavy atom. The number of hydrogen-bond donors (Lipinski definition) is 1. The highest BCUT2D eigenvalue weighted by Crippen LogP contribution is 2.58. The maximum absolute atomic E-state index is 5.71. The second-order valence-electron chi connectivity index (χ2n) is 7.51. The minimum absolute atomic E-state index is 0.762. The molecule has 1 N–H and O–H groups in total. The van der Waals surface area contributed by atoms with Crippen molar-refractivity contribution in [2.45, 2.75) is 58.4 Å². The van der Waals surface area contributed by atoms with E-state index >= 15 is 0 Å². The van der Waals surface area contributed by atoms with Crippen LogP contribution in [0.25, 0.3) is 0 Å². The third-order valence-corrected chi connectivity index (χ3v) is 5.92. The van der Waals surface area contributed by atoms with Gasteiger partial charge in [-0.05, 0) is 61.7 Å². The molecule has 0 aromatic carbocycles. The molecule has 5 unspecified atom stereocenters. The Morgan fingerprint density at radius 2 is 1.89 bits per heavy atom. The molecule has 5 atom stereocenters. The molecule has 0 amide bonds. The van der Waals surface area contributed by atoms with Crippen LogP contribution in [0.15, 0.2) is 0 Å². The van der Waals surface area contributed by atoms with E-state index in [0.29, 0.717) is 0 Å². The molecule has 0 spiro atoms. The fraction of sp³-hybridized carbons (Fsp3) is 1.00. The maximum atomic E-state index is 5.71. The summed E-state index contributed by atoms with van der Waals surface area (Å²) in [6.45, 7) is 7.41. The molecule has 0 aliphatic heterocycles. The van der Waals surface area contributed by atoms with Gasteiger partial charge < -0.3 is 10.1 Å². The van der Waals surface area contributed by atoms with Crippen LogP contribution >= 0.6 is 0 Å². The highest BCUT2D eigenvalue weighted by Gasteiger charge is 2.53. The molecule has 2 heteroatoms. The zero-order chi connectivity index (χ0) is 13.2. The number of rotatable bonds is 7. The van der Waals surface area contributed by atoms with Crippen LogP contribution in [0.4, 0.5) is 0 Å². The second kappa shape index (κ2) is 6.13. The van der Waals surface area contributed by atoms with E-state index in [0.717, 1.165) is 55.4 Å². The van der Waals surface area contributed by atoms with E-state index in [1.165, 1.54) is 38.5 Å². The minimum Gasteiger partial charge on any atom is -0.380 e. The van der Waals surface area contributed by atoms with Crippen molar-refractivity contribution in [3.05, 3.63) is 0 Å².